The maximum atomic E-state index is 13.3. The molecule has 0 amide bonds. The van der Waals surface area contributed by atoms with Crippen molar-refractivity contribution in [2.24, 2.45) is 11.3 Å². The van der Waals surface area contributed by atoms with E-state index in [4.69, 9.17) is 14.2 Å². The van der Waals surface area contributed by atoms with Crippen molar-refractivity contribution in [3.63, 3.8) is 0 Å². The Hall–Kier alpha value is -2.33. The van der Waals surface area contributed by atoms with Gasteiger partial charge in [-0.25, -0.2) is 4.79 Å². The van der Waals surface area contributed by atoms with Crippen LogP contribution in [0.15, 0.2) is 65.0 Å². The van der Waals surface area contributed by atoms with E-state index < -0.39 is 5.60 Å². The van der Waals surface area contributed by atoms with Gasteiger partial charge in [0, 0.05) is 24.2 Å². The van der Waals surface area contributed by atoms with Crippen LogP contribution in [0.3, 0.4) is 0 Å². The Morgan fingerprint density at radius 1 is 1.13 bits per heavy atom. The van der Waals surface area contributed by atoms with Crippen molar-refractivity contribution in [2.45, 2.75) is 58.0 Å². The molecular formula is C27H32O4. The molecule has 0 radical (unpaired) electrons. The van der Waals surface area contributed by atoms with Crippen molar-refractivity contribution in [3.05, 3.63) is 70.5 Å². The van der Waals surface area contributed by atoms with Gasteiger partial charge in [-0.3, -0.25) is 0 Å². The lowest BCUT2D eigenvalue weighted by molar-refractivity contribution is -0.0640. The molecule has 164 valence electrons. The summed E-state index contributed by atoms with van der Waals surface area (Å²) in [6, 6.07) is 9.33. The Bertz CT molecular complexity index is 957. The van der Waals surface area contributed by atoms with Crippen LogP contribution in [0.25, 0.3) is 0 Å². The van der Waals surface area contributed by atoms with Crippen molar-refractivity contribution in [2.75, 3.05) is 19.8 Å². The summed E-state index contributed by atoms with van der Waals surface area (Å²) >= 11 is 0. The number of carbonyl (C=O) groups is 1. The summed E-state index contributed by atoms with van der Waals surface area (Å²) < 4.78 is 18.6. The van der Waals surface area contributed by atoms with E-state index >= 15 is 0 Å². The Balaban J connectivity index is 1.64. The zero-order chi connectivity index (χ0) is 21.5. The standard InChI is InChI=1S/C27H32O4/c1-3-29-18-22-24(19-11-8-9-12-19)26-16-10-15-21(26)23(30-4-2)17-27(22,26)31-25(28)20-13-6-5-7-14-20/h5-7,11,13-14,17,21H,3-4,8-10,12,15-16,18H2,1-2H3/t21-,26-,27-/m1/s1. The summed E-state index contributed by atoms with van der Waals surface area (Å²) in [5.74, 6) is 1.01. The predicted molar refractivity (Wildman–Crippen MR) is 120 cm³/mol. The van der Waals surface area contributed by atoms with Crippen LogP contribution in [0, 0.1) is 11.3 Å². The largest absolute Gasteiger partial charge is 0.498 e. The molecule has 0 heterocycles. The molecule has 4 nitrogen and oxygen atoms in total. The zero-order valence-corrected chi connectivity index (χ0v) is 18.6. The number of benzene rings is 1. The molecular weight excluding hydrogens is 388 g/mol. The molecule has 1 spiro atoms. The SMILES string of the molecule is CCOCC1=C(C2=CCCC2)[C@@]23CCC[C@@H]2C(OCC)=C[C@@]13OC(=O)c1ccccc1. The van der Waals surface area contributed by atoms with Gasteiger partial charge in [-0.15, -0.1) is 0 Å². The number of hydrogen-bond acceptors (Lipinski definition) is 4. The van der Waals surface area contributed by atoms with E-state index in [1.54, 1.807) is 0 Å². The van der Waals surface area contributed by atoms with Gasteiger partial charge in [0.25, 0.3) is 0 Å². The van der Waals surface area contributed by atoms with Crippen molar-refractivity contribution < 1.29 is 19.0 Å². The molecule has 1 aromatic rings. The normalized spacial score (nSPS) is 31.0. The molecule has 0 unspecified atom stereocenters. The second kappa shape index (κ2) is 7.98. The van der Waals surface area contributed by atoms with Gasteiger partial charge in [0.15, 0.2) is 5.60 Å². The topological polar surface area (TPSA) is 44.8 Å². The first-order chi connectivity index (χ1) is 15.2. The first-order valence-electron chi connectivity index (χ1n) is 11.8. The van der Waals surface area contributed by atoms with Gasteiger partial charge in [0.05, 0.1) is 24.2 Å². The second-order valence-corrected chi connectivity index (χ2v) is 9.00. The molecule has 5 rings (SSSR count). The number of ether oxygens (including phenoxy) is 3. The van der Waals surface area contributed by atoms with Crippen molar-refractivity contribution in [1.29, 1.82) is 0 Å². The number of rotatable bonds is 8. The van der Waals surface area contributed by atoms with E-state index in [0.29, 0.717) is 25.4 Å². The number of esters is 1. The molecule has 4 heteroatoms. The highest BCUT2D eigenvalue weighted by Gasteiger charge is 2.75. The van der Waals surface area contributed by atoms with Crippen LogP contribution in [0.5, 0.6) is 0 Å². The summed E-state index contributed by atoms with van der Waals surface area (Å²) in [5, 5.41) is 0. The fraction of sp³-hybridized carbons (Fsp3) is 0.519. The van der Waals surface area contributed by atoms with Crippen LogP contribution in [0.4, 0.5) is 0 Å². The first kappa shape index (κ1) is 20.6. The third kappa shape index (κ3) is 2.87. The lowest BCUT2D eigenvalue weighted by Gasteiger charge is -2.57. The molecule has 0 saturated heterocycles. The lowest BCUT2D eigenvalue weighted by atomic mass is 9.50. The molecule has 31 heavy (non-hydrogen) atoms. The van der Waals surface area contributed by atoms with E-state index in [0.717, 1.165) is 43.4 Å². The van der Waals surface area contributed by atoms with Gasteiger partial charge in [-0.2, -0.15) is 0 Å². The van der Waals surface area contributed by atoms with Gasteiger partial charge in [0.1, 0.15) is 5.76 Å². The maximum Gasteiger partial charge on any atom is 0.339 e. The van der Waals surface area contributed by atoms with Crippen molar-refractivity contribution >= 4 is 5.97 Å². The molecule has 0 aliphatic heterocycles. The van der Waals surface area contributed by atoms with Crippen LogP contribution in [-0.4, -0.2) is 31.4 Å². The molecule has 1 aromatic carbocycles. The monoisotopic (exact) mass is 420 g/mol. The molecule has 0 N–H and O–H groups in total. The quantitative estimate of drug-likeness (QED) is 0.502. The summed E-state index contributed by atoms with van der Waals surface area (Å²) in [6.07, 6.45) is 11.2. The van der Waals surface area contributed by atoms with Crippen molar-refractivity contribution in [3.8, 4) is 0 Å². The highest BCUT2D eigenvalue weighted by Crippen LogP contribution is 2.74. The van der Waals surface area contributed by atoms with E-state index in [1.165, 1.54) is 17.6 Å². The smallest absolute Gasteiger partial charge is 0.339 e. The fourth-order valence-corrected chi connectivity index (χ4v) is 6.53. The van der Waals surface area contributed by atoms with Crippen LogP contribution >= 0.6 is 0 Å². The summed E-state index contributed by atoms with van der Waals surface area (Å²) in [5.41, 5.74) is 3.61. The highest BCUT2D eigenvalue weighted by atomic mass is 16.6. The summed E-state index contributed by atoms with van der Waals surface area (Å²) in [6.45, 7) is 5.80. The molecule has 3 atom stereocenters. The average Bonchev–Trinajstić information content (AvgIpc) is 3.50. The number of hydrogen-bond donors (Lipinski definition) is 0. The number of carbonyl (C=O) groups excluding carboxylic acids is 1. The minimum Gasteiger partial charge on any atom is -0.498 e. The molecule has 4 aliphatic carbocycles. The fourth-order valence-electron chi connectivity index (χ4n) is 6.53. The summed E-state index contributed by atoms with van der Waals surface area (Å²) in [4.78, 5) is 13.3. The Labute approximate surface area is 185 Å². The van der Waals surface area contributed by atoms with Gasteiger partial charge in [-0.05, 0) is 69.2 Å². The van der Waals surface area contributed by atoms with E-state index in [2.05, 4.69) is 12.2 Å². The molecule has 1 saturated carbocycles. The molecule has 1 fully saturated rings. The van der Waals surface area contributed by atoms with Crippen LogP contribution in [0.2, 0.25) is 0 Å². The molecule has 0 aromatic heterocycles. The molecule has 0 bridgehead atoms. The van der Waals surface area contributed by atoms with Crippen LogP contribution < -0.4 is 0 Å². The zero-order valence-electron chi connectivity index (χ0n) is 18.6. The third-order valence-corrected chi connectivity index (χ3v) is 7.59. The van der Waals surface area contributed by atoms with E-state index in [-0.39, 0.29) is 17.3 Å². The first-order valence-corrected chi connectivity index (χ1v) is 11.8. The highest BCUT2D eigenvalue weighted by molar-refractivity contribution is 5.90. The van der Waals surface area contributed by atoms with Crippen LogP contribution in [-0.2, 0) is 14.2 Å². The van der Waals surface area contributed by atoms with Gasteiger partial charge < -0.3 is 14.2 Å². The van der Waals surface area contributed by atoms with Gasteiger partial charge in [-0.1, -0.05) is 30.7 Å². The minimum absolute atomic E-state index is 0.204. The Morgan fingerprint density at radius 3 is 2.68 bits per heavy atom. The van der Waals surface area contributed by atoms with Gasteiger partial charge in [0.2, 0.25) is 0 Å². The van der Waals surface area contributed by atoms with E-state index in [1.807, 2.05) is 44.2 Å². The Morgan fingerprint density at radius 2 is 1.97 bits per heavy atom. The van der Waals surface area contributed by atoms with Gasteiger partial charge >= 0.3 is 5.97 Å². The third-order valence-electron chi connectivity index (χ3n) is 7.59. The lowest BCUT2D eigenvalue weighted by Crippen LogP contribution is -2.61. The average molecular weight is 421 g/mol. The van der Waals surface area contributed by atoms with Crippen LogP contribution in [0.1, 0.15) is 62.7 Å². The molecule has 4 aliphatic rings. The number of allylic oxidation sites excluding steroid dienone is 3. The second-order valence-electron chi connectivity index (χ2n) is 9.00. The summed E-state index contributed by atoms with van der Waals surface area (Å²) in [7, 11) is 0. The Kier molecular flexibility index (Phi) is 5.29. The minimum atomic E-state index is -0.764. The van der Waals surface area contributed by atoms with E-state index in [9.17, 15) is 4.79 Å². The predicted octanol–water partition coefficient (Wildman–Crippen LogP) is 5.76. The maximum absolute atomic E-state index is 13.3. The van der Waals surface area contributed by atoms with Crippen molar-refractivity contribution in [1.82, 2.24) is 0 Å².